The highest BCUT2D eigenvalue weighted by atomic mass is 32.1. The Bertz CT molecular complexity index is 829. The van der Waals surface area contributed by atoms with Gasteiger partial charge in [-0.3, -0.25) is 4.79 Å². The van der Waals surface area contributed by atoms with Crippen LogP contribution in [0.3, 0.4) is 0 Å². The first-order chi connectivity index (χ1) is 12.5. The molecule has 7 heteroatoms. The molecule has 1 atom stereocenters. The number of thiophene rings is 1. The number of carbonyl (C=O) groups excluding carboxylic acids is 2. The summed E-state index contributed by atoms with van der Waals surface area (Å²) in [7, 11) is 0. The minimum Gasteiger partial charge on any atom is -0.454 e. The molecule has 0 saturated carbocycles. The van der Waals surface area contributed by atoms with E-state index in [1.165, 1.54) is 11.3 Å². The second-order valence-corrected chi connectivity index (χ2v) is 7.16. The molecule has 0 saturated heterocycles. The Morgan fingerprint density at radius 2 is 2.04 bits per heavy atom. The summed E-state index contributed by atoms with van der Waals surface area (Å²) in [5.41, 5.74) is 1.95. The number of fused-ring (bicyclic) bond motifs is 1. The lowest BCUT2D eigenvalue weighted by Gasteiger charge is -2.13. The third kappa shape index (κ3) is 3.99. The van der Waals surface area contributed by atoms with E-state index in [9.17, 15) is 9.59 Å². The van der Waals surface area contributed by atoms with E-state index in [1.807, 2.05) is 32.0 Å². The molecule has 1 aliphatic rings. The normalized spacial score (nSPS) is 13.3. The Morgan fingerprint density at radius 1 is 1.27 bits per heavy atom. The highest BCUT2D eigenvalue weighted by molar-refractivity contribution is 7.14. The van der Waals surface area contributed by atoms with Crippen molar-refractivity contribution in [1.82, 2.24) is 5.32 Å². The standard InChI is InChI=1S/C19H21NO5S/c1-4-16-11(2)7-17(26-16)19(22)25-12(3)18(21)20-9-13-5-6-14-15(8-13)24-10-23-14/h5-8,12H,4,9-10H2,1-3H3,(H,20,21)/t12-/m1/s1. The molecule has 6 nitrogen and oxygen atoms in total. The quantitative estimate of drug-likeness (QED) is 0.785. The molecule has 2 heterocycles. The third-order valence-corrected chi connectivity index (χ3v) is 5.46. The molecule has 0 unspecified atom stereocenters. The van der Waals surface area contributed by atoms with E-state index in [-0.39, 0.29) is 12.7 Å². The molecule has 0 fully saturated rings. The Kier molecular flexibility index (Phi) is 5.46. The molecule has 1 aromatic carbocycles. The zero-order valence-corrected chi connectivity index (χ0v) is 15.8. The van der Waals surface area contributed by atoms with Gasteiger partial charge in [0.15, 0.2) is 17.6 Å². The zero-order valence-electron chi connectivity index (χ0n) is 15.0. The molecule has 2 aromatic rings. The maximum absolute atomic E-state index is 12.2. The third-order valence-electron chi connectivity index (χ3n) is 4.10. The van der Waals surface area contributed by atoms with Crippen LogP contribution in [0.4, 0.5) is 0 Å². The number of nitrogens with one attached hydrogen (secondary N) is 1. The second-order valence-electron chi connectivity index (χ2n) is 6.02. The molecule has 138 valence electrons. The summed E-state index contributed by atoms with van der Waals surface area (Å²) < 4.78 is 15.9. The molecular formula is C19H21NO5S. The molecular weight excluding hydrogens is 354 g/mol. The number of amides is 1. The van der Waals surface area contributed by atoms with Crippen LogP contribution in [-0.2, 0) is 22.5 Å². The van der Waals surface area contributed by atoms with Crippen LogP contribution in [0.25, 0.3) is 0 Å². The van der Waals surface area contributed by atoms with Gasteiger partial charge in [-0.05, 0) is 49.6 Å². The van der Waals surface area contributed by atoms with Gasteiger partial charge in [0.1, 0.15) is 4.88 Å². The lowest BCUT2D eigenvalue weighted by molar-refractivity contribution is -0.129. The SMILES string of the molecule is CCc1sc(C(=O)O[C@H](C)C(=O)NCc2ccc3c(c2)OCO3)cc1C. The summed E-state index contributed by atoms with van der Waals surface area (Å²) in [5.74, 6) is 0.541. The van der Waals surface area contributed by atoms with Crippen LogP contribution < -0.4 is 14.8 Å². The molecule has 0 aliphatic carbocycles. The van der Waals surface area contributed by atoms with Gasteiger partial charge in [-0.25, -0.2) is 4.79 Å². The number of benzene rings is 1. The van der Waals surface area contributed by atoms with E-state index in [0.29, 0.717) is 22.9 Å². The van der Waals surface area contributed by atoms with E-state index in [0.717, 1.165) is 22.4 Å². The van der Waals surface area contributed by atoms with Crippen molar-refractivity contribution in [3.05, 3.63) is 45.1 Å². The number of rotatable bonds is 6. The van der Waals surface area contributed by atoms with Crippen molar-refractivity contribution in [1.29, 1.82) is 0 Å². The molecule has 1 N–H and O–H groups in total. The predicted octanol–water partition coefficient (Wildman–Crippen LogP) is 3.21. The first-order valence-electron chi connectivity index (χ1n) is 8.44. The van der Waals surface area contributed by atoms with Crippen molar-refractivity contribution in [3.63, 3.8) is 0 Å². The van der Waals surface area contributed by atoms with Gasteiger partial charge in [0.05, 0.1) is 0 Å². The van der Waals surface area contributed by atoms with Crippen molar-refractivity contribution in [2.24, 2.45) is 0 Å². The fourth-order valence-corrected chi connectivity index (χ4v) is 3.62. The van der Waals surface area contributed by atoms with Gasteiger partial charge in [-0.15, -0.1) is 11.3 Å². The molecule has 0 spiro atoms. The van der Waals surface area contributed by atoms with Crippen molar-refractivity contribution in [2.75, 3.05) is 6.79 Å². The predicted molar refractivity (Wildman–Crippen MR) is 97.7 cm³/mol. The molecule has 1 aromatic heterocycles. The second kappa shape index (κ2) is 7.78. The largest absolute Gasteiger partial charge is 0.454 e. The van der Waals surface area contributed by atoms with E-state index in [2.05, 4.69) is 5.32 Å². The molecule has 26 heavy (non-hydrogen) atoms. The number of aryl methyl sites for hydroxylation is 2. The van der Waals surface area contributed by atoms with Crippen LogP contribution in [0.15, 0.2) is 24.3 Å². The Morgan fingerprint density at radius 3 is 2.77 bits per heavy atom. The van der Waals surface area contributed by atoms with Crippen molar-refractivity contribution < 1.29 is 23.8 Å². The first-order valence-corrected chi connectivity index (χ1v) is 9.26. The van der Waals surface area contributed by atoms with Crippen LogP contribution in [0.2, 0.25) is 0 Å². The van der Waals surface area contributed by atoms with Gasteiger partial charge in [0.2, 0.25) is 6.79 Å². The smallest absolute Gasteiger partial charge is 0.349 e. The Balaban J connectivity index is 1.53. The highest BCUT2D eigenvalue weighted by Crippen LogP contribution is 2.32. The highest BCUT2D eigenvalue weighted by Gasteiger charge is 2.21. The maximum Gasteiger partial charge on any atom is 0.349 e. The topological polar surface area (TPSA) is 73.9 Å². The summed E-state index contributed by atoms with van der Waals surface area (Å²) in [6.07, 6.45) is -0.000914. The lowest BCUT2D eigenvalue weighted by atomic mass is 10.2. The van der Waals surface area contributed by atoms with Crippen molar-refractivity contribution in [3.8, 4) is 11.5 Å². The summed E-state index contributed by atoms with van der Waals surface area (Å²) in [5, 5.41) is 2.77. The van der Waals surface area contributed by atoms with Crippen molar-refractivity contribution >= 4 is 23.2 Å². The van der Waals surface area contributed by atoms with E-state index in [4.69, 9.17) is 14.2 Å². The molecule has 3 rings (SSSR count). The van der Waals surface area contributed by atoms with Gasteiger partial charge in [0, 0.05) is 11.4 Å². The van der Waals surface area contributed by atoms with Crippen LogP contribution in [0.5, 0.6) is 11.5 Å². The van der Waals surface area contributed by atoms with Gasteiger partial charge < -0.3 is 19.5 Å². The lowest BCUT2D eigenvalue weighted by Crippen LogP contribution is -2.35. The van der Waals surface area contributed by atoms with Gasteiger partial charge in [0.25, 0.3) is 5.91 Å². The Labute approximate surface area is 156 Å². The van der Waals surface area contributed by atoms with E-state index >= 15 is 0 Å². The maximum atomic E-state index is 12.2. The fourth-order valence-electron chi connectivity index (χ4n) is 2.63. The van der Waals surface area contributed by atoms with E-state index in [1.54, 1.807) is 13.0 Å². The number of esters is 1. The number of hydrogen-bond acceptors (Lipinski definition) is 6. The van der Waals surface area contributed by atoms with E-state index < -0.39 is 12.1 Å². The summed E-state index contributed by atoms with van der Waals surface area (Å²) in [6.45, 7) is 6.09. The molecule has 1 aliphatic heterocycles. The van der Waals surface area contributed by atoms with Crippen LogP contribution >= 0.6 is 11.3 Å². The van der Waals surface area contributed by atoms with Crippen molar-refractivity contribution in [2.45, 2.75) is 39.8 Å². The van der Waals surface area contributed by atoms with Gasteiger partial charge in [-0.2, -0.15) is 0 Å². The summed E-state index contributed by atoms with van der Waals surface area (Å²) >= 11 is 1.41. The van der Waals surface area contributed by atoms with Gasteiger partial charge in [-0.1, -0.05) is 13.0 Å². The fraction of sp³-hybridized carbons (Fsp3) is 0.368. The van der Waals surface area contributed by atoms with Gasteiger partial charge >= 0.3 is 5.97 Å². The van der Waals surface area contributed by atoms with Crippen LogP contribution in [0, 0.1) is 6.92 Å². The average molecular weight is 375 g/mol. The molecule has 1 amide bonds. The zero-order chi connectivity index (χ0) is 18.7. The van der Waals surface area contributed by atoms with Crippen LogP contribution in [0.1, 0.15) is 39.5 Å². The first kappa shape index (κ1) is 18.3. The number of carbonyl (C=O) groups is 2. The monoisotopic (exact) mass is 375 g/mol. The number of ether oxygens (including phenoxy) is 3. The summed E-state index contributed by atoms with van der Waals surface area (Å²) in [4.78, 5) is 26.1. The summed E-state index contributed by atoms with van der Waals surface area (Å²) in [6, 6.07) is 7.28. The minimum absolute atomic E-state index is 0.208. The number of hydrogen-bond donors (Lipinski definition) is 1. The van der Waals surface area contributed by atoms with Crippen LogP contribution in [-0.4, -0.2) is 24.8 Å². The molecule has 0 radical (unpaired) electrons. The Hall–Kier alpha value is -2.54. The average Bonchev–Trinajstić information content (AvgIpc) is 3.24. The minimum atomic E-state index is -0.871. The molecule has 0 bridgehead atoms.